The Morgan fingerprint density at radius 1 is 1.24 bits per heavy atom. The van der Waals surface area contributed by atoms with Gasteiger partial charge in [-0.1, -0.05) is 18.5 Å². The predicted molar refractivity (Wildman–Crippen MR) is 98.7 cm³/mol. The van der Waals surface area contributed by atoms with Crippen LogP contribution >= 0.6 is 11.6 Å². The summed E-state index contributed by atoms with van der Waals surface area (Å²) in [5, 5.41) is 2.41. The Kier molecular flexibility index (Phi) is 5.54. The number of sulfonamides is 1. The van der Waals surface area contributed by atoms with Gasteiger partial charge in [-0.05, 0) is 36.8 Å². The molecule has 0 saturated heterocycles. The zero-order valence-corrected chi connectivity index (χ0v) is 16.3. The summed E-state index contributed by atoms with van der Waals surface area (Å²) >= 11 is 6.06. The highest BCUT2D eigenvalue weighted by Gasteiger charge is 2.31. The highest BCUT2D eigenvalue weighted by molar-refractivity contribution is 7.92. The molecule has 1 amide bonds. The number of carbonyl (C=O) groups excluding carboxylic acids is 1. The number of rotatable bonds is 5. The Morgan fingerprint density at radius 2 is 1.90 bits per heavy atom. The second kappa shape index (κ2) is 7.64. The van der Waals surface area contributed by atoms with E-state index in [9.17, 15) is 26.4 Å². The Hall–Kier alpha value is -2.66. The van der Waals surface area contributed by atoms with Crippen molar-refractivity contribution in [2.24, 2.45) is 0 Å². The molecule has 0 saturated carbocycles. The third kappa shape index (κ3) is 4.85. The molecule has 1 aliphatic heterocycles. The highest BCUT2D eigenvalue weighted by Crippen LogP contribution is 2.38. The topological polar surface area (TPSA) is 93.7 Å². The number of halogens is 4. The minimum atomic E-state index is -4.86. The number of alkyl halides is 3. The minimum absolute atomic E-state index is 0.00559. The van der Waals surface area contributed by atoms with Crippen LogP contribution < -0.4 is 19.5 Å². The molecular weight excluding hydrogens is 437 g/mol. The number of carbonyl (C=O) groups is 1. The van der Waals surface area contributed by atoms with Crippen molar-refractivity contribution in [3.05, 3.63) is 41.4 Å². The number of amides is 1. The maximum Gasteiger partial charge on any atom is 0.573 e. The van der Waals surface area contributed by atoms with E-state index in [1.807, 2.05) is 0 Å². The summed E-state index contributed by atoms with van der Waals surface area (Å²) in [6.07, 6.45) is -5.25. The van der Waals surface area contributed by atoms with Crippen LogP contribution in [0.25, 0.3) is 0 Å². The van der Waals surface area contributed by atoms with Crippen molar-refractivity contribution >= 4 is 38.9 Å². The Morgan fingerprint density at radius 3 is 2.48 bits per heavy atom. The summed E-state index contributed by atoms with van der Waals surface area (Å²) in [6.45, 7) is 1.73. The summed E-state index contributed by atoms with van der Waals surface area (Å²) < 4.78 is 73.5. The van der Waals surface area contributed by atoms with Gasteiger partial charge in [0.15, 0.2) is 6.10 Å². The maximum absolute atomic E-state index is 12.7. The molecule has 29 heavy (non-hydrogen) atoms. The zero-order chi connectivity index (χ0) is 21.4. The molecule has 156 valence electrons. The first-order valence-electron chi connectivity index (χ1n) is 8.18. The van der Waals surface area contributed by atoms with Crippen molar-refractivity contribution in [3.63, 3.8) is 0 Å². The largest absolute Gasteiger partial charge is 0.573 e. The van der Waals surface area contributed by atoms with E-state index in [0.29, 0.717) is 6.42 Å². The monoisotopic (exact) mass is 450 g/mol. The fourth-order valence-corrected chi connectivity index (χ4v) is 4.16. The standard InChI is InChI=1S/C17H14ClF3N2O5S/c1-2-13-16(24)22-12-7-11(18)15(8-14(12)27-13)29(25,26)23-9-3-5-10(6-4-9)28-17(19,20)21/h3-8,13,23H,2H2,1H3,(H,22,24). The van der Waals surface area contributed by atoms with E-state index in [1.54, 1.807) is 6.92 Å². The molecule has 0 fully saturated rings. The molecule has 7 nitrogen and oxygen atoms in total. The molecule has 1 unspecified atom stereocenters. The summed E-state index contributed by atoms with van der Waals surface area (Å²) in [5.74, 6) is -0.733. The van der Waals surface area contributed by atoms with Crippen LogP contribution in [0.15, 0.2) is 41.3 Å². The first kappa shape index (κ1) is 21.1. The molecule has 2 aromatic rings. The first-order valence-corrected chi connectivity index (χ1v) is 10.0. The molecule has 1 atom stereocenters. The van der Waals surface area contributed by atoms with E-state index in [4.69, 9.17) is 16.3 Å². The Bertz CT molecular complexity index is 1040. The average molecular weight is 451 g/mol. The number of benzene rings is 2. The molecule has 1 aliphatic rings. The molecule has 1 heterocycles. The zero-order valence-electron chi connectivity index (χ0n) is 14.7. The molecular formula is C17H14ClF3N2O5S. The lowest BCUT2D eigenvalue weighted by Gasteiger charge is -2.26. The molecule has 0 bridgehead atoms. The molecule has 2 aromatic carbocycles. The van der Waals surface area contributed by atoms with E-state index < -0.39 is 28.2 Å². The van der Waals surface area contributed by atoms with Crippen molar-refractivity contribution in [2.45, 2.75) is 30.7 Å². The van der Waals surface area contributed by atoms with Gasteiger partial charge < -0.3 is 14.8 Å². The second-order valence-electron chi connectivity index (χ2n) is 5.96. The first-order chi connectivity index (χ1) is 13.5. The molecule has 0 spiro atoms. The van der Waals surface area contributed by atoms with Crippen LogP contribution in [0.2, 0.25) is 5.02 Å². The number of nitrogens with one attached hydrogen (secondary N) is 2. The summed E-state index contributed by atoms with van der Waals surface area (Å²) in [4.78, 5) is 11.5. The molecule has 0 aromatic heterocycles. The quantitative estimate of drug-likeness (QED) is 0.713. The van der Waals surface area contributed by atoms with Crippen molar-refractivity contribution in [1.82, 2.24) is 0 Å². The maximum atomic E-state index is 12.7. The highest BCUT2D eigenvalue weighted by atomic mass is 35.5. The van der Waals surface area contributed by atoms with Crippen LogP contribution in [0.3, 0.4) is 0 Å². The van der Waals surface area contributed by atoms with Gasteiger partial charge in [0.05, 0.1) is 10.7 Å². The summed E-state index contributed by atoms with van der Waals surface area (Å²) in [5.41, 5.74) is 0.228. The molecule has 12 heteroatoms. The van der Waals surface area contributed by atoms with E-state index >= 15 is 0 Å². The van der Waals surface area contributed by atoms with Gasteiger partial charge >= 0.3 is 6.36 Å². The number of hydrogen-bond acceptors (Lipinski definition) is 5. The van der Waals surface area contributed by atoms with Crippen molar-refractivity contribution in [1.29, 1.82) is 0 Å². The lowest BCUT2D eigenvalue weighted by molar-refractivity contribution is -0.274. The van der Waals surface area contributed by atoms with Gasteiger partial charge in [0.1, 0.15) is 16.4 Å². The molecule has 0 radical (unpaired) electrons. The fourth-order valence-electron chi connectivity index (χ4n) is 2.56. The van der Waals surface area contributed by atoms with Crippen molar-refractivity contribution in [3.8, 4) is 11.5 Å². The second-order valence-corrected chi connectivity index (χ2v) is 8.02. The molecule has 3 rings (SSSR count). The van der Waals surface area contributed by atoms with Crippen LogP contribution in [0.1, 0.15) is 13.3 Å². The number of fused-ring (bicyclic) bond motifs is 1. The number of anilines is 2. The van der Waals surface area contributed by atoms with E-state index in [-0.39, 0.29) is 32.9 Å². The number of hydrogen-bond donors (Lipinski definition) is 2. The van der Waals surface area contributed by atoms with Crippen LogP contribution in [0.4, 0.5) is 24.5 Å². The van der Waals surface area contributed by atoms with Crippen LogP contribution in [-0.2, 0) is 14.8 Å². The van der Waals surface area contributed by atoms with Crippen LogP contribution in [-0.4, -0.2) is 26.8 Å². The smallest absolute Gasteiger partial charge is 0.478 e. The van der Waals surface area contributed by atoms with Gasteiger partial charge in [-0.15, -0.1) is 13.2 Å². The van der Waals surface area contributed by atoms with Gasteiger partial charge in [0.2, 0.25) is 0 Å². The molecule has 0 aliphatic carbocycles. The van der Waals surface area contributed by atoms with E-state index in [2.05, 4.69) is 14.8 Å². The Labute approximate surface area is 168 Å². The SMILES string of the molecule is CCC1Oc2cc(S(=O)(=O)Nc3ccc(OC(F)(F)F)cc3)c(Cl)cc2NC1=O. The van der Waals surface area contributed by atoms with E-state index in [0.717, 1.165) is 24.3 Å². The third-order valence-electron chi connectivity index (χ3n) is 3.85. The van der Waals surface area contributed by atoms with Gasteiger partial charge in [0.25, 0.3) is 15.9 Å². The lowest BCUT2D eigenvalue weighted by Crippen LogP contribution is -2.36. The summed E-state index contributed by atoms with van der Waals surface area (Å²) in [6, 6.07) is 6.55. The van der Waals surface area contributed by atoms with Crippen molar-refractivity contribution in [2.75, 3.05) is 10.0 Å². The normalized spacial score (nSPS) is 16.4. The number of ether oxygens (including phenoxy) is 2. The lowest BCUT2D eigenvalue weighted by atomic mass is 10.2. The average Bonchev–Trinajstić information content (AvgIpc) is 2.61. The van der Waals surface area contributed by atoms with Gasteiger partial charge in [-0.3, -0.25) is 9.52 Å². The predicted octanol–water partition coefficient (Wildman–Crippen LogP) is 4.15. The minimum Gasteiger partial charge on any atom is -0.478 e. The van der Waals surface area contributed by atoms with Crippen LogP contribution in [0.5, 0.6) is 11.5 Å². The molecule has 2 N–H and O–H groups in total. The van der Waals surface area contributed by atoms with Gasteiger partial charge in [-0.2, -0.15) is 0 Å². The van der Waals surface area contributed by atoms with Crippen LogP contribution in [0, 0.1) is 0 Å². The summed E-state index contributed by atoms with van der Waals surface area (Å²) in [7, 11) is -4.20. The van der Waals surface area contributed by atoms with Gasteiger partial charge in [-0.25, -0.2) is 8.42 Å². The third-order valence-corrected chi connectivity index (χ3v) is 5.70. The fraction of sp³-hybridized carbons (Fsp3) is 0.235. The Balaban J connectivity index is 1.85. The van der Waals surface area contributed by atoms with Crippen molar-refractivity contribution < 1.29 is 35.9 Å². The van der Waals surface area contributed by atoms with Gasteiger partial charge in [0, 0.05) is 11.8 Å². The van der Waals surface area contributed by atoms with E-state index in [1.165, 1.54) is 12.1 Å².